The molecule has 0 aromatic carbocycles. The summed E-state index contributed by atoms with van der Waals surface area (Å²) < 4.78 is 5.30. The molecule has 1 aliphatic rings. The van der Waals surface area contributed by atoms with Crippen molar-refractivity contribution < 1.29 is 9.53 Å². The maximum Gasteiger partial charge on any atom is 0.220 e. The van der Waals surface area contributed by atoms with E-state index in [9.17, 15) is 4.79 Å². The summed E-state index contributed by atoms with van der Waals surface area (Å²) in [5.74, 6) is 0.435. The highest BCUT2D eigenvalue weighted by molar-refractivity contribution is 5.77. The van der Waals surface area contributed by atoms with Crippen molar-refractivity contribution in [3.63, 3.8) is 0 Å². The van der Waals surface area contributed by atoms with E-state index in [0.717, 1.165) is 32.5 Å². The van der Waals surface area contributed by atoms with Gasteiger partial charge in [-0.3, -0.25) is 4.79 Å². The lowest BCUT2D eigenvalue weighted by atomic mass is 9.91. The second kappa shape index (κ2) is 6.21. The zero-order valence-corrected chi connectivity index (χ0v) is 10.4. The molecule has 0 bridgehead atoms. The Kier molecular flexibility index (Phi) is 5.22. The molecule has 16 heavy (non-hydrogen) atoms. The van der Waals surface area contributed by atoms with Crippen LogP contribution in [0.25, 0.3) is 0 Å². The van der Waals surface area contributed by atoms with Crippen LogP contribution >= 0.6 is 0 Å². The Morgan fingerprint density at radius 1 is 1.50 bits per heavy atom. The van der Waals surface area contributed by atoms with E-state index in [-0.39, 0.29) is 11.4 Å². The fourth-order valence-electron chi connectivity index (χ4n) is 1.99. The number of nitrogens with one attached hydrogen (secondary N) is 1. The molecule has 1 unspecified atom stereocenters. The number of amides is 1. The highest BCUT2D eigenvalue weighted by atomic mass is 16.5. The normalized spacial score (nSPS) is 21.4. The molecule has 1 saturated heterocycles. The van der Waals surface area contributed by atoms with Gasteiger partial charge >= 0.3 is 0 Å². The van der Waals surface area contributed by atoms with E-state index in [0.29, 0.717) is 18.9 Å². The zero-order chi connectivity index (χ0) is 12.0. The van der Waals surface area contributed by atoms with Crippen molar-refractivity contribution in [3.05, 3.63) is 0 Å². The Balaban J connectivity index is 2.37. The second-order valence-electron chi connectivity index (χ2n) is 4.94. The first-order valence-corrected chi connectivity index (χ1v) is 6.18. The molecule has 0 aliphatic carbocycles. The van der Waals surface area contributed by atoms with Gasteiger partial charge in [0.15, 0.2) is 0 Å². The summed E-state index contributed by atoms with van der Waals surface area (Å²) in [4.78, 5) is 11.8. The summed E-state index contributed by atoms with van der Waals surface area (Å²) in [7, 11) is 0. The maximum absolute atomic E-state index is 11.8. The Hall–Kier alpha value is -0.610. The van der Waals surface area contributed by atoms with Crippen LogP contribution in [0.2, 0.25) is 0 Å². The van der Waals surface area contributed by atoms with Gasteiger partial charge in [0.1, 0.15) is 0 Å². The van der Waals surface area contributed by atoms with Crippen LogP contribution in [0, 0.1) is 5.92 Å². The van der Waals surface area contributed by atoms with Gasteiger partial charge in [0.25, 0.3) is 0 Å². The van der Waals surface area contributed by atoms with Crippen molar-refractivity contribution in [1.29, 1.82) is 0 Å². The third-order valence-electron chi connectivity index (χ3n) is 3.42. The number of carbonyl (C=O) groups excluding carboxylic acids is 1. The summed E-state index contributed by atoms with van der Waals surface area (Å²) in [6.07, 6.45) is 3.31. The van der Waals surface area contributed by atoms with Crippen molar-refractivity contribution in [3.8, 4) is 0 Å². The molecule has 1 rings (SSSR count). The molecular formula is C12H24N2O2. The van der Waals surface area contributed by atoms with E-state index in [1.165, 1.54) is 0 Å². The van der Waals surface area contributed by atoms with Gasteiger partial charge in [-0.2, -0.15) is 0 Å². The highest BCUT2D eigenvalue weighted by Crippen LogP contribution is 2.20. The summed E-state index contributed by atoms with van der Waals surface area (Å²) in [6.45, 7) is 6.23. The van der Waals surface area contributed by atoms with Crippen LogP contribution in [0.15, 0.2) is 0 Å². The predicted molar refractivity (Wildman–Crippen MR) is 64.1 cm³/mol. The van der Waals surface area contributed by atoms with E-state index in [1.807, 2.05) is 0 Å². The third kappa shape index (κ3) is 4.10. The standard InChI is InChI=1S/C12H24N2O2/c1-3-10(9-13)8-11(15)14-12(2)4-6-16-7-5-12/h10H,3-9,13H2,1-2H3,(H,14,15). The molecule has 4 heteroatoms. The van der Waals surface area contributed by atoms with Gasteiger partial charge in [0.05, 0.1) is 0 Å². The molecular weight excluding hydrogens is 204 g/mol. The van der Waals surface area contributed by atoms with E-state index in [1.54, 1.807) is 0 Å². The van der Waals surface area contributed by atoms with Crippen molar-refractivity contribution >= 4 is 5.91 Å². The lowest BCUT2D eigenvalue weighted by molar-refractivity contribution is -0.124. The average Bonchev–Trinajstić information content (AvgIpc) is 2.26. The minimum atomic E-state index is -0.0811. The molecule has 0 spiro atoms. The van der Waals surface area contributed by atoms with Gasteiger partial charge in [0.2, 0.25) is 5.91 Å². The van der Waals surface area contributed by atoms with Gasteiger partial charge in [-0.05, 0) is 32.2 Å². The molecule has 4 nitrogen and oxygen atoms in total. The van der Waals surface area contributed by atoms with Gasteiger partial charge in [-0.1, -0.05) is 13.3 Å². The summed E-state index contributed by atoms with van der Waals surface area (Å²) in [5.41, 5.74) is 5.52. The largest absolute Gasteiger partial charge is 0.381 e. The van der Waals surface area contributed by atoms with Crippen molar-refractivity contribution in [2.24, 2.45) is 11.7 Å². The molecule has 1 aliphatic heterocycles. The summed E-state index contributed by atoms with van der Waals surface area (Å²) in [5, 5.41) is 3.12. The van der Waals surface area contributed by atoms with Crippen molar-refractivity contribution in [2.45, 2.75) is 45.1 Å². The first-order chi connectivity index (χ1) is 7.59. The van der Waals surface area contributed by atoms with Crippen LogP contribution in [0.5, 0.6) is 0 Å². The lowest BCUT2D eigenvalue weighted by Crippen LogP contribution is -2.50. The Labute approximate surface area is 97.9 Å². The smallest absolute Gasteiger partial charge is 0.220 e. The van der Waals surface area contributed by atoms with Crippen LogP contribution in [0.3, 0.4) is 0 Å². The first-order valence-electron chi connectivity index (χ1n) is 6.18. The second-order valence-corrected chi connectivity index (χ2v) is 4.94. The zero-order valence-electron chi connectivity index (χ0n) is 10.4. The molecule has 1 fully saturated rings. The topological polar surface area (TPSA) is 64.4 Å². The molecule has 0 aromatic heterocycles. The molecule has 0 radical (unpaired) electrons. The molecule has 94 valence electrons. The van der Waals surface area contributed by atoms with Gasteiger partial charge in [-0.25, -0.2) is 0 Å². The maximum atomic E-state index is 11.8. The van der Waals surface area contributed by atoms with Gasteiger partial charge in [0, 0.05) is 25.2 Å². The molecule has 0 aromatic rings. The fraction of sp³-hybridized carbons (Fsp3) is 0.917. The van der Waals surface area contributed by atoms with E-state index in [2.05, 4.69) is 19.2 Å². The molecule has 3 N–H and O–H groups in total. The number of nitrogens with two attached hydrogens (primary N) is 1. The van der Waals surface area contributed by atoms with E-state index < -0.39 is 0 Å². The number of hydrogen-bond acceptors (Lipinski definition) is 3. The highest BCUT2D eigenvalue weighted by Gasteiger charge is 2.29. The quantitative estimate of drug-likeness (QED) is 0.739. The number of rotatable bonds is 5. The lowest BCUT2D eigenvalue weighted by Gasteiger charge is -2.34. The number of ether oxygens (including phenoxy) is 1. The Morgan fingerprint density at radius 2 is 2.12 bits per heavy atom. The van der Waals surface area contributed by atoms with Crippen LogP contribution in [0.4, 0.5) is 0 Å². The summed E-state index contributed by atoms with van der Waals surface area (Å²) >= 11 is 0. The third-order valence-corrected chi connectivity index (χ3v) is 3.42. The van der Waals surface area contributed by atoms with Crippen molar-refractivity contribution in [1.82, 2.24) is 5.32 Å². The van der Waals surface area contributed by atoms with Gasteiger partial charge < -0.3 is 15.8 Å². The molecule has 0 saturated carbocycles. The fourth-order valence-corrected chi connectivity index (χ4v) is 1.99. The minimum absolute atomic E-state index is 0.0811. The Bertz CT molecular complexity index is 221. The Morgan fingerprint density at radius 3 is 2.62 bits per heavy atom. The van der Waals surface area contributed by atoms with E-state index >= 15 is 0 Å². The molecule has 1 atom stereocenters. The first kappa shape index (κ1) is 13.5. The van der Waals surface area contributed by atoms with Crippen LogP contribution < -0.4 is 11.1 Å². The minimum Gasteiger partial charge on any atom is -0.381 e. The van der Waals surface area contributed by atoms with Crippen LogP contribution in [-0.4, -0.2) is 31.2 Å². The molecule has 1 amide bonds. The predicted octanol–water partition coefficient (Wildman–Crippen LogP) is 1.05. The SMILES string of the molecule is CCC(CN)CC(=O)NC1(C)CCOCC1. The average molecular weight is 228 g/mol. The monoisotopic (exact) mass is 228 g/mol. The number of carbonyl (C=O) groups is 1. The summed E-state index contributed by atoms with van der Waals surface area (Å²) in [6, 6.07) is 0. The van der Waals surface area contributed by atoms with Crippen LogP contribution in [-0.2, 0) is 9.53 Å². The van der Waals surface area contributed by atoms with Crippen LogP contribution in [0.1, 0.15) is 39.5 Å². The number of hydrogen-bond donors (Lipinski definition) is 2. The van der Waals surface area contributed by atoms with Gasteiger partial charge in [-0.15, -0.1) is 0 Å². The van der Waals surface area contributed by atoms with E-state index in [4.69, 9.17) is 10.5 Å². The van der Waals surface area contributed by atoms with Crippen molar-refractivity contribution in [2.75, 3.05) is 19.8 Å². The molecule has 1 heterocycles.